The summed E-state index contributed by atoms with van der Waals surface area (Å²) in [5.41, 5.74) is 0.186. The number of nitriles is 1. The van der Waals surface area contributed by atoms with Crippen LogP contribution in [0.15, 0.2) is 36.5 Å². The Labute approximate surface area is 102 Å². The van der Waals surface area contributed by atoms with E-state index in [-0.39, 0.29) is 21.7 Å². The van der Waals surface area contributed by atoms with E-state index in [4.69, 9.17) is 22.2 Å². The Bertz CT molecular complexity index is 645. The van der Waals surface area contributed by atoms with Gasteiger partial charge in [-0.05, 0) is 18.2 Å². The van der Waals surface area contributed by atoms with Gasteiger partial charge in [-0.15, -0.1) is 0 Å². The van der Waals surface area contributed by atoms with E-state index in [2.05, 4.69) is 4.98 Å². The van der Waals surface area contributed by atoms with Crippen molar-refractivity contribution in [3.05, 3.63) is 52.5 Å². The third-order valence-corrected chi connectivity index (χ3v) is 2.41. The summed E-state index contributed by atoms with van der Waals surface area (Å²) in [6.07, 6.45) is 1.54. The van der Waals surface area contributed by atoms with Gasteiger partial charge in [-0.25, -0.2) is 4.39 Å². The predicted octanol–water partition coefficient (Wildman–Crippen LogP) is 3.55. The molecule has 0 saturated carbocycles. The molecule has 0 amide bonds. The number of aromatic amines is 1. The number of para-hydroxylation sites is 1. The highest BCUT2D eigenvalue weighted by atomic mass is 32.1. The number of ether oxygens (including phenoxy) is 1. The van der Waals surface area contributed by atoms with Gasteiger partial charge < -0.3 is 9.72 Å². The molecule has 1 aromatic carbocycles. The third kappa shape index (κ3) is 2.32. The summed E-state index contributed by atoms with van der Waals surface area (Å²) in [6, 6.07) is 9.42. The monoisotopic (exact) mass is 246 g/mol. The van der Waals surface area contributed by atoms with Crippen LogP contribution in [-0.4, -0.2) is 4.98 Å². The Hall–Kier alpha value is -2.19. The number of pyridine rings is 1. The highest BCUT2D eigenvalue weighted by Gasteiger charge is 2.08. The maximum atomic E-state index is 13.4. The number of H-pyrrole nitrogens is 1. The lowest BCUT2D eigenvalue weighted by Gasteiger charge is -2.07. The van der Waals surface area contributed by atoms with Crippen molar-refractivity contribution < 1.29 is 9.13 Å². The van der Waals surface area contributed by atoms with E-state index in [1.807, 2.05) is 6.07 Å². The molecule has 1 aromatic heterocycles. The molecule has 0 aliphatic heterocycles. The van der Waals surface area contributed by atoms with Gasteiger partial charge in [0, 0.05) is 6.20 Å². The van der Waals surface area contributed by atoms with Crippen molar-refractivity contribution in [2.24, 2.45) is 0 Å². The number of hydrogen-bond acceptors (Lipinski definition) is 3. The topological polar surface area (TPSA) is 48.8 Å². The van der Waals surface area contributed by atoms with Crippen molar-refractivity contribution in [2.75, 3.05) is 0 Å². The van der Waals surface area contributed by atoms with Crippen molar-refractivity contribution in [1.29, 1.82) is 5.26 Å². The van der Waals surface area contributed by atoms with Crippen molar-refractivity contribution in [3.8, 4) is 17.6 Å². The average Bonchev–Trinajstić information content (AvgIpc) is 2.32. The molecule has 0 aliphatic rings. The van der Waals surface area contributed by atoms with Crippen molar-refractivity contribution in [2.45, 2.75) is 0 Å². The van der Waals surface area contributed by atoms with Gasteiger partial charge in [0.1, 0.15) is 22.0 Å². The maximum absolute atomic E-state index is 13.4. The summed E-state index contributed by atoms with van der Waals surface area (Å²) in [5.74, 6) is -0.193. The van der Waals surface area contributed by atoms with Crippen molar-refractivity contribution in [1.82, 2.24) is 4.98 Å². The molecule has 0 fully saturated rings. The van der Waals surface area contributed by atoms with E-state index < -0.39 is 5.82 Å². The van der Waals surface area contributed by atoms with Crippen LogP contribution in [0.2, 0.25) is 0 Å². The number of halogens is 1. The van der Waals surface area contributed by atoms with Gasteiger partial charge in [0.2, 0.25) is 0 Å². The van der Waals surface area contributed by atoms with E-state index in [9.17, 15) is 4.39 Å². The molecule has 1 heterocycles. The van der Waals surface area contributed by atoms with Gasteiger partial charge in [0.25, 0.3) is 0 Å². The molecule has 0 bridgehead atoms. The molecule has 0 unspecified atom stereocenters. The number of rotatable bonds is 2. The molecule has 0 spiro atoms. The second kappa shape index (κ2) is 4.76. The predicted molar refractivity (Wildman–Crippen MR) is 62.8 cm³/mol. The summed E-state index contributed by atoms with van der Waals surface area (Å²) >= 11 is 4.94. The molecule has 2 aromatic rings. The minimum Gasteiger partial charge on any atom is -0.453 e. The summed E-state index contributed by atoms with van der Waals surface area (Å²) in [6.45, 7) is 0. The molecule has 17 heavy (non-hydrogen) atoms. The zero-order chi connectivity index (χ0) is 12.3. The molecule has 0 saturated heterocycles. The van der Waals surface area contributed by atoms with Crippen LogP contribution in [0.25, 0.3) is 0 Å². The molecular formula is C12H7FN2OS. The van der Waals surface area contributed by atoms with E-state index in [0.29, 0.717) is 0 Å². The fourth-order valence-electron chi connectivity index (χ4n) is 1.30. The normalized spacial score (nSPS) is 9.65. The van der Waals surface area contributed by atoms with Crippen molar-refractivity contribution >= 4 is 12.2 Å². The van der Waals surface area contributed by atoms with Gasteiger partial charge >= 0.3 is 0 Å². The van der Waals surface area contributed by atoms with Crippen molar-refractivity contribution in [3.63, 3.8) is 0 Å². The van der Waals surface area contributed by atoms with Gasteiger partial charge in [0.05, 0.1) is 0 Å². The fraction of sp³-hybridized carbons (Fsp3) is 0. The number of aromatic nitrogens is 1. The van der Waals surface area contributed by atoms with E-state index in [0.717, 1.165) is 0 Å². The van der Waals surface area contributed by atoms with Crippen LogP contribution >= 0.6 is 12.2 Å². The lowest BCUT2D eigenvalue weighted by Crippen LogP contribution is -1.92. The van der Waals surface area contributed by atoms with E-state index >= 15 is 0 Å². The smallest absolute Gasteiger partial charge is 0.165 e. The Morgan fingerprint density at radius 2 is 2.00 bits per heavy atom. The van der Waals surface area contributed by atoms with Crippen LogP contribution in [0.1, 0.15) is 5.56 Å². The lowest BCUT2D eigenvalue weighted by atomic mass is 10.3. The Morgan fingerprint density at radius 3 is 2.71 bits per heavy atom. The minimum absolute atomic E-state index is 0.0598. The summed E-state index contributed by atoms with van der Waals surface area (Å²) in [5, 5.41) is 8.94. The van der Waals surface area contributed by atoms with E-state index in [1.54, 1.807) is 18.3 Å². The number of hydrogen-bond donors (Lipinski definition) is 1. The van der Waals surface area contributed by atoms with Crippen LogP contribution in [0, 0.1) is 21.8 Å². The number of nitrogens with zero attached hydrogens (tertiary/aromatic N) is 1. The van der Waals surface area contributed by atoms with E-state index in [1.165, 1.54) is 18.2 Å². The zero-order valence-electron chi connectivity index (χ0n) is 8.61. The van der Waals surface area contributed by atoms with Crippen LogP contribution in [0.3, 0.4) is 0 Å². The highest BCUT2D eigenvalue weighted by molar-refractivity contribution is 7.71. The summed E-state index contributed by atoms with van der Waals surface area (Å²) < 4.78 is 19.0. The minimum atomic E-state index is -0.491. The quantitative estimate of drug-likeness (QED) is 0.824. The third-order valence-electron chi connectivity index (χ3n) is 2.09. The number of benzene rings is 1. The van der Waals surface area contributed by atoms with Gasteiger partial charge in [-0.1, -0.05) is 24.4 Å². The largest absolute Gasteiger partial charge is 0.453 e. The molecule has 84 valence electrons. The highest BCUT2D eigenvalue weighted by Crippen LogP contribution is 2.26. The van der Waals surface area contributed by atoms with Crippen LogP contribution < -0.4 is 4.74 Å². The molecule has 0 aliphatic carbocycles. The molecule has 0 radical (unpaired) electrons. The second-order valence-corrected chi connectivity index (χ2v) is 3.60. The molecule has 2 rings (SSSR count). The maximum Gasteiger partial charge on any atom is 0.165 e. The first-order chi connectivity index (χ1) is 8.22. The van der Waals surface area contributed by atoms with Gasteiger partial charge in [-0.2, -0.15) is 5.26 Å². The molecule has 3 nitrogen and oxygen atoms in total. The zero-order valence-corrected chi connectivity index (χ0v) is 9.42. The molecular weight excluding hydrogens is 239 g/mol. The van der Waals surface area contributed by atoms with Crippen LogP contribution in [0.4, 0.5) is 4.39 Å². The Kier molecular flexibility index (Phi) is 3.17. The summed E-state index contributed by atoms with van der Waals surface area (Å²) in [4.78, 5) is 2.71. The number of nitrogens with one attached hydrogen (secondary N) is 1. The van der Waals surface area contributed by atoms with Crippen LogP contribution in [-0.2, 0) is 0 Å². The molecule has 0 atom stereocenters. The lowest BCUT2D eigenvalue weighted by molar-refractivity contribution is 0.440. The Morgan fingerprint density at radius 1 is 1.24 bits per heavy atom. The van der Waals surface area contributed by atoms with Crippen LogP contribution in [0.5, 0.6) is 11.5 Å². The van der Waals surface area contributed by atoms with Gasteiger partial charge in [0.15, 0.2) is 11.6 Å². The second-order valence-electron chi connectivity index (χ2n) is 3.19. The standard InChI is InChI=1S/C12H7FN2OS/c13-9-3-1-2-4-11(9)16-10-5-6-15-12(17)8(10)7-14/h1-6H,(H,15,17). The average molecular weight is 246 g/mol. The molecule has 5 heteroatoms. The first-order valence-electron chi connectivity index (χ1n) is 4.76. The first-order valence-corrected chi connectivity index (χ1v) is 5.17. The van der Waals surface area contributed by atoms with Gasteiger partial charge in [-0.3, -0.25) is 0 Å². The summed E-state index contributed by atoms with van der Waals surface area (Å²) in [7, 11) is 0. The SMILES string of the molecule is N#Cc1c(Oc2ccccc2F)cc[nH]c1=S. The molecule has 1 N–H and O–H groups in total. The first kappa shape index (κ1) is 11.3. The Balaban J connectivity index is 2.45. The fourth-order valence-corrected chi connectivity index (χ4v) is 1.51.